The van der Waals surface area contributed by atoms with Gasteiger partial charge in [-0.25, -0.2) is 0 Å². The Kier molecular flexibility index (Phi) is 4.81. The minimum Gasteiger partial charge on any atom is -0.338 e. The van der Waals surface area contributed by atoms with Crippen molar-refractivity contribution < 1.29 is 4.79 Å². The van der Waals surface area contributed by atoms with Crippen LogP contribution in [0.2, 0.25) is 0 Å². The minimum absolute atomic E-state index is 0.147. The van der Waals surface area contributed by atoms with Crippen LogP contribution in [0, 0.1) is 11.8 Å². The highest BCUT2D eigenvalue weighted by Gasteiger charge is 2.32. The van der Waals surface area contributed by atoms with Crippen molar-refractivity contribution in [1.82, 2.24) is 10.2 Å². The molecule has 1 N–H and O–H groups in total. The summed E-state index contributed by atoms with van der Waals surface area (Å²) in [6.45, 7) is 7.49. The van der Waals surface area contributed by atoms with Gasteiger partial charge in [-0.15, -0.1) is 11.3 Å². The molecule has 0 bridgehead atoms. The number of carbonyl (C=O) groups is 1. The van der Waals surface area contributed by atoms with E-state index in [2.05, 4.69) is 34.2 Å². The van der Waals surface area contributed by atoms with E-state index >= 15 is 0 Å². The van der Waals surface area contributed by atoms with Crippen molar-refractivity contribution in [2.24, 2.45) is 11.8 Å². The van der Waals surface area contributed by atoms with E-state index in [0.717, 1.165) is 30.0 Å². The highest BCUT2D eigenvalue weighted by Crippen LogP contribution is 2.25. The molecule has 0 radical (unpaired) electrons. The number of nitrogens with zero attached hydrogens (tertiary/aromatic N) is 1. The lowest BCUT2D eigenvalue weighted by Gasteiger charge is -2.25. The van der Waals surface area contributed by atoms with Crippen LogP contribution in [-0.2, 0) is 11.3 Å². The Bertz CT molecular complexity index is 421. The van der Waals surface area contributed by atoms with Gasteiger partial charge in [0.25, 0.3) is 0 Å². The average Bonchev–Trinajstić information content (AvgIpc) is 2.94. The Labute approximate surface area is 121 Å². The summed E-state index contributed by atoms with van der Waals surface area (Å²) < 4.78 is 1.12. The molecule has 5 heteroatoms. The maximum absolute atomic E-state index is 12.5. The molecule has 2 heterocycles. The second kappa shape index (κ2) is 6.17. The third-order valence-electron chi connectivity index (χ3n) is 3.50. The fraction of sp³-hybridized carbons (Fsp3) is 0.615. The van der Waals surface area contributed by atoms with Crippen LogP contribution in [0.1, 0.15) is 18.7 Å². The molecule has 1 saturated heterocycles. The van der Waals surface area contributed by atoms with Crippen LogP contribution in [0.3, 0.4) is 0 Å². The molecule has 1 amide bonds. The van der Waals surface area contributed by atoms with Gasteiger partial charge in [0.15, 0.2) is 0 Å². The molecule has 2 atom stereocenters. The normalized spacial score (nSPS) is 23.3. The maximum atomic E-state index is 12.5. The number of hydrogen-bond acceptors (Lipinski definition) is 3. The lowest BCUT2D eigenvalue weighted by molar-refractivity contribution is -0.136. The highest BCUT2D eigenvalue weighted by molar-refractivity contribution is 9.11. The lowest BCUT2D eigenvalue weighted by atomic mass is 9.96. The van der Waals surface area contributed by atoms with Crippen molar-refractivity contribution in [3.63, 3.8) is 0 Å². The first-order valence-electron chi connectivity index (χ1n) is 6.35. The third-order valence-corrected chi connectivity index (χ3v) is 5.11. The van der Waals surface area contributed by atoms with Crippen molar-refractivity contribution in [2.75, 3.05) is 19.6 Å². The number of thiophene rings is 1. The summed E-state index contributed by atoms with van der Waals surface area (Å²) in [5, 5.41) is 3.30. The zero-order valence-electron chi connectivity index (χ0n) is 10.8. The maximum Gasteiger partial charge on any atom is 0.227 e. The van der Waals surface area contributed by atoms with Gasteiger partial charge in [-0.1, -0.05) is 6.92 Å². The summed E-state index contributed by atoms with van der Waals surface area (Å²) in [7, 11) is 0. The molecule has 2 unspecified atom stereocenters. The van der Waals surface area contributed by atoms with Crippen LogP contribution in [0.25, 0.3) is 0 Å². The summed E-state index contributed by atoms with van der Waals surface area (Å²) in [6, 6.07) is 4.12. The Hall–Kier alpha value is -0.390. The molecular weight excluding hydrogens is 312 g/mol. The first kappa shape index (κ1) is 14.0. The number of rotatable bonds is 4. The van der Waals surface area contributed by atoms with Crippen LogP contribution >= 0.6 is 27.3 Å². The van der Waals surface area contributed by atoms with Gasteiger partial charge in [0.05, 0.1) is 16.2 Å². The third kappa shape index (κ3) is 3.13. The van der Waals surface area contributed by atoms with E-state index in [9.17, 15) is 4.79 Å². The Morgan fingerprint density at radius 3 is 2.83 bits per heavy atom. The van der Waals surface area contributed by atoms with Gasteiger partial charge in [0.2, 0.25) is 5.91 Å². The number of amides is 1. The van der Waals surface area contributed by atoms with Crippen LogP contribution in [0.5, 0.6) is 0 Å². The number of hydrogen-bond donors (Lipinski definition) is 1. The molecule has 18 heavy (non-hydrogen) atoms. The zero-order valence-corrected chi connectivity index (χ0v) is 13.2. The first-order chi connectivity index (χ1) is 8.61. The molecule has 100 valence electrons. The molecule has 0 aliphatic carbocycles. The quantitative estimate of drug-likeness (QED) is 0.920. The standard InChI is InChI=1S/C13H19BrN2OS/c1-3-16(8-10-4-5-12(14)18-10)13(17)11-7-15-6-9(11)2/h4-5,9,11,15H,3,6-8H2,1-2H3. The Morgan fingerprint density at radius 1 is 1.56 bits per heavy atom. The molecule has 0 aromatic carbocycles. The van der Waals surface area contributed by atoms with Crippen molar-refractivity contribution in [1.29, 1.82) is 0 Å². The Morgan fingerprint density at radius 2 is 2.33 bits per heavy atom. The van der Waals surface area contributed by atoms with Crippen molar-refractivity contribution in [3.05, 3.63) is 20.8 Å². The fourth-order valence-electron chi connectivity index (χ4n) is 2.35. The average molecular weight is 331 g/mol. The summed E-state index contributed by atoms with van der Waals surface area (Å²) in [5.74, 6) is 0.884. The number of halogens is 1. The van der Waals surface area contributed by atoms with Gasteiger partial charge in [-0.05, 0) is 47.4 Å². The van der Waals surface area contributed by atoms with Gasteiger partial charge in [0, 0.05) is 18.0 Å². The SMILES string of the molecule is CCN(Cc1ccc(Br)s1)C(=O)C1CNCC1C. The van der Waals surface area contributed by atoms with E-state index in [1.165, 1.54) is 4.88 Å². The van der Waals surface area contributed by atoms with Crippen molar-refractivity contribution in [2.45, 2.75) is 20.4 Å². The first-order valence-corrected chi connectivity index (χ1v) is 7.96. The molecule has 1 aromatic rings. The predicted molar refractivity (Wildman–Crippen MR) is 78.6 cm³/mol. The van der Waals surface area contributed by atoms with Gasteiger partial charge in [0.1, 0.15) is 0 Å². The van der Waals surface area contributed by atoms with Crippen molar-refractivity contribution >= 4 is 33.2 Å². The largest absolute Gasteiger partial charge is 0.338 e. The van der Waals surface area contributed by atoms with Gasteiger partial charge >= 0.3 is 0 Å². The van der Waals surface area contributed by atoms with Crippen LogP contribution in [-0.4, -0.2) is 30.4 Å². The number of carbonyl (C=O) groups excluding carboxylic acids is 1. The minimum atomic E-state index is 0.147. The molecule has 1 aliphatic heterocycles. The van der Waals surface area contributed by atoms with Gasteiger partial charge in [-0.3, -0.25) is 4.79 Å². The molecular formula is C13H19BrN2OS. The van der Waals surface area contributed by atoms with E-state index in [4.69, 9.17) is 0 Å². The van der Waals surface area contributed by atoms with Crippen LogP contribution < -0.4 is 5.32 Å². The summed E-state index contributed by atoms with van der Waals surface area (Å²) in [4.78, 5) is 15.7. The smallest absolute Gasteiger partial charge is 0.227 e. The summed E-state index contributed by atoms with van der Waals surface area (Å²) in [5.41, 5.74) is 0. The molecule has 2 rings (SSSR count). The van der Waals surface area contributed by atoms with Gasteiger partial charge < -0.3 is 10.2 Å². The van der Waals surface area contributed by atoms with E-state index in [1.807, 2.05) is 17.9 Å². The molecule has 0 saturated carbocycles. The molecule has 1 aromatic heterocycles. The van der Waals surface area contributed by atoms with Crippen molar-refractivity contribution in [3.8, 4) is 0 Å². The second-order valence-electron chi connectivity index (χ2n) is 4.80. The van der Waals surface area contributed by atoms with E-state index < -0.39 is 0 Å². The number of nitrogens with one attached hydrogen (secondary N) is 1. The fourth-order valence-corrected chi connectivity index (χ4v) is 3.84. The van der Waals surface area contributed by atoms with E-state index in [0.29, 0.717) is 11.8 Å². The van der Waals surface area contributed by atoms with Crippen LogP contribution in [0.15, 0.2) is 15.9 Å². The van der Waals surface area contributed by atoms with Gasteiger partial charge in [-0.2, -0.15) is 0 Å². The van der Waals surface area contributed by atoms with Crippen LogP contribution in [0.4, 0.5) is 0 Å². The molecule has 1 aliphatic rings. The topological polar surface area (TPSA) is 32.3 Å². The highest BCUT2D eigenvalue weighted by atomic mass is 79.9. The van der Waals surface area contributed by atoms with E-state index in [1.54, 1.807) is 11.3 Å². The molecule has 1 fully saturated rings. The predicted octanol–water partition coefficient (Wildman–Crippen LogP) is 2.71. The molecule has 0 spiro atoms. The zero-order chi connectivity index (χ0) is 13.1. The monoisotopic (exact) mass is 330 g/mol. The van der Waals surface area contributed by atoms with E-state index in [-0.39, 0.29) is 5.92 Å². The molecule has 3 nitrogen and oxygen atoms in total. The second-order valence-corrected chi connectivity index (χ2v) is 7.35. The lowest BCUT2D eigenvalue weighted by Crippen LogP contribution is -2.38. The Balaban J connectivity index is 2.01. The summed E-state index contributed by atoms with van der Waals surface area (Å²) >= 11 is 5.16. The summed E-state index contributed by atoms with van der Waals surface area (Å²) in [6.07, 6.45) is 0.